The number of rotatable bonds is 5. The maximum absolute atomic E-state index is 13.2. The van der Waals surface area contributed by atoms with Crippen molar-refractivity contribution in [3.05, 3.63) is 64.7 Å². The standard InChI is InChI=1S/C24H25ClN4O/c1-24(18-4-2-3-5-18)21(25)20-14-16(10-13-19(20)22(24)30)7-6-15-8-11-17(12-9-15)23-26-28-29-27-23/h8-14,18,21H,2-7H2,1H3,(H,26,27,28,29). The maximum atomic E-state index is 13.2. The molecular formula is C24H25ClN4O. The second-order valence-corrected chi connectivity index (χ2v) is 9.25. The van der Waals surface area contributed by atoms with Gasteiger partial charge in [-0.1, -0.05) is 62.2 Å². The van der Waals surface area contributed by atoms with E-state index in [0.29, 0.717) is 11.7 Å². The summed E-state index contributed by atoms with van der Waals surface area (Å²) < 4.78 is 0. The smallest absolute Gasteiger partial charge is 0.204 e. The zero-order chi connectivity index (χ0) is 20.7. The van der Waals surface area contributed by atoms with Crippen molar-refractivity contribution in [1.29, 1.82) is 0 Å². The van der Waals surface area contributed by atoms with Crippen LogP contribution in [-0.2, 0) is 12.8 Å². The Labute approximate surface area is 181 Å². The van der Waals surface area contributed by atoms with E-state index in [2.05, 4.69) is 51.8 Å². The number of H-pyrrole nitrogens is 1. The monoisotopic (exact) mass is 420 g/mol. The Balaban J connectivity index is 1.31. The Bertz CT molecular complexity index is 1060. The van der Waals surface area contributed by atoms with Crippen LogP contribution in [-0.4, -0.2) is 26.4 Å². The summed E-state index contributed by atoms with van der Waals surface area (Å²) in [6, 6.07) is 14.5. The third-order valence-corrected chi connectivity index (χ3v) is 7.80. The number of Topliss-reactive ketones (excluding diaryl/α,β-unsaturated/α-hetero) is 1. The average Bonchev–Trinajstić information content (AvgIpc) is 3.53. The van der Waals surface area contributed by atoms with E-state index in [-0.39, 0.29) is 11.2 Å². The van der Waals surface area contributed by atoms with Gasteiger partial charge in [0.25, 0.3) is 0 Å². The first-order valence-corrected chi connectivity index (χ1v) is 11.2. The summed E-state index contributed by atoms with van der Waals surface area (Å²) in [6.07, 6.45) is 6.49. The van der Waals surface area contributed by atoms with Crippen molar-refractivity contribution >= 4 is 17.4 Å². The quantitative estimate of drug-likeness (QED) is 0.566. The molecule has 2 aliphatic rings. The summed E-state index contributed by atoms with van der Waals surface area (Å²) in [4.78, 5) is 13.2. The molecule has 2 atom stereocenters. The molecule has 154 valence electrons. The molecule has 2 unspecified atom stereocenters. The zero-order valence-corrected chi connectivity index (χ0v) is 17.8. The summed E-state index contributed by atoms with van der Waals surface area (Å²) in [5.41, 5.74) is 4.82. The van der Waals surface area contributed by atoms with Gasteiger partial charge in [-0.15, -0.1) is 21.8 Å². The molecule has 1 aromatic heterocycles. The molecule has 0 saturated heterocycles. The molecule has 3 aromatic rings. The molecule has 0 bridgehead atoms. The molecule has 5 nitrogen and oxygen atoms in total. The Morgan fingerprint density at radius 3 is 2.47 bits per heavy atom. The number of fused-ring (bicyclic) bond motifs is 1. The normalized spacial score (nSPS) is 23.8. The van der Waals surface area contributed by atoms with Gasteiger partial charge in [-0.3, -0.25) is 4.79 Å². The highest BCUT2D eigenvalue weighted by Crippen LogP contribution is 2.57. The van der Waals surface area contributed by atoms with Crippen LogP contribution >= 0.6 is 11.6 Å². The number of aryl methyl sites for hydroxylation is 2. The summed E-state index contributed by atoms with van der Waals surface area (Å²) in [5.74, 6) is 1.25. The van der Waals surface area contributed by atoms with Crippen LogP contribution in [0.3, 0.4) is 0 Å². The molecule has 0 spiro atoms. The fourth-order valence-corrected chi connectivity index (χ4v) is 5.68. The van der Waals surface area contributed by atoms with Gasteiger partial charge < -0.3 is 0 Å². The van der Waals surface area contributed by atoms with E-state index in [1.165, 1.54) is 24.0 Å². The fraction of sp³-hybridized carbons (Fsp3) is 0.417. The van der Waals surface area contributed by atoms with Gasteiger partial charge in [-0.05, 0) is 53.5 Å². The summed E-state index contributed by atoms with van der Waals surface area (Å²) >= 11 is 6.94. The number of nitrogens with one attached hydrogen (secondary N) is 1. The molecule has 0 aliphatic heterocycles. The number of aromatic amines is 1. The van der Waals surface area contributed by atoms with Crippen LogP contribution in [0.4, 0.5) is 0 Å². The van der Waals surface area contributed by atoms with Crippen molar-refractivity contribution < 1.29 is 4.79 Å². The molecule has 0 amide bonds. The van der Waals surface area contributed by atoms with Gasteiger partial charge in [-0.2, -0.15) is 5.21 Å². The molecule has 1 saturated carbocycles. The Morgan fingerprint density at radius 2 is 1.77 bits per heavy atom. The third-order valence-electron chi connectivity index (χ3n) is 7.11. The molecule has 6 heteroatoms. The fourth-order valence-electron chi connectivity index (χ4n) is 5.22. The topological polar surface area (TPSA) is 71.5 Å². The van der Waals surface area contributed by atoms with Gasteiger partial charge in [-0.25, -0.2) is 0 Å². The molecule has 2 aromatic carbocycles. The number of halogens is 1. The van der Waals surface area contributed by atoms with Crippen molar-refractivity contribution in [2.24, 2.45) is 11.3 Å². The van der Waals surface area contributed by atoms with E-state index in [9.17, 15) is 4.79 Å². The summed E-state index contributed by atoms with van der Waals surface area (Å²) in [7, 11) is 0. The second-order valence-electron chi connectivity index (χ2n) is 8.81. The van der Waals surface area contributed by atoms with Crippen molar-refractivity contribution in [2.45, 2.75) is 50.8 Å². The summed E-state index contributed by atoms with van der Waals surface area (Å²) in [6.45, 7) is 2.09. The molecule has 5 rings (SSSR count). The first kappa shape index (κ1) is 19.4. The van der Waals surface area contributed by atoms with Crippen molar-refractivity contribution in [2.75, 3.05) is 0 Å². The van der Waals surface area contributed by atoms with Gasteiger partial charge in [0, 0.05) is 11.1 Å². The second kappa shape index (κ2) is 7.62. The number of hydrogen-bond donors (Lipinski definition) is 1. The SMILES string of the molecule is CC1(C2CCCC2)C(=O)c2ccc(CCc3ccc(-c4nn[nH]n4)cc3)cc2C1Cl. The number of tetrazole rings is 1. The lowest BCUT2D eigenvalue weighted by Gasteiger charge is -2.32. The maximum Gasteiger partial charge on any atom is 0.204 e. The van der Waals surface area contributed by atoms with Gasteiger partial charge in [0.1, 0.15) is 0 Å². The first-order valence-electron chi connectivity index (χ1n) is 10.7. The van der Waals surface area contributed by atoms with Gasteiger partial charge in [0.2, 0.25) is 5.82 Å². The molecular weight excluding hydrogens is 396 g/mol. The highest BCUT2D eigenvalue weighted by Gasteiger charge is 2.53. The third kappa shape index (κ3) is 3.16. The zero-order valence-electron chi connectivity index (χ0n) is 17.1. The number of alkyl halides is 1. The molecule has 1 heterocycles. The van der Waals surface area contributed by atoms with Crippen LogP contribution < -0.4 is 0 Å². The number of nitrogens with zero attached hydrogens (tertiary/aromatic N) is 3. The molecule has 0 radical (unpaired) electrons. The van der Waals surface area contributed by atoms with E-state index in [1.807, 2.05) is 18.2 Å². The molecule has 1 N–H and O–H groups in total. The van der Waals surface area contributed by atoms with Crippen LogP contribution in [0.2, 0.25) is 0 Å². The summed E-state index contributed by atoms with van der Waals surface area (Å²) in [5, 5.41) is 13.9. The highest BCUT2D eigenvalue weighted by atomic mass is 35.5. The number of benzene rings is 2. The molecule has 2 aliphatic carbocycles. The van der Waals surface area contributed by atoms with Crippen LogP contribution in [0, 0.1) is 11.3 Å². The van der Waals surface area contributed by atoms with E-state index in [4.69, 9.17) is 11.6 Å². The Morgan fingerprint density at radius 1 is 1.07 bits per heavy atom. The van der Waals surface area contributed by atoms with E-state index < -0.39 is 5.41 Å². The first-order chi connectivity index (χ1) is 14.6. The minimum atomic E-state index is -0.454. The van der Waals surface area contributed by atoms with Crippen molar-refractivity contribution in [1.82, 2.24) is 20.6 Å². The van der Waals surface area contributed by atoms with Crippen LogP contribution in [0.5, 0.6) is 0 Å². The lowest BCUT2D eigenvalue weighted by Crippen LogP contribution is -2.33. The van der Waals surface area contributed by atoms with Gasteiger partial charge >= 0.3 is 0 Å². The van der Waals surface area contributed by atoms with Crippen LogP contribution in [0.15, 0.2) is 42.5 Å². The van der Waals surface area contributed by atoms with Crippen LogP contribution in [0.25, 0.3) is 11.4 Å². The van der Waals surface area contributed by atoms with Crippen LogP contribution in [0.1, 0.15) is 65.0 Å². The lowest BCUT2D eigenvalue weighted by molar-refractivity contribution is 0.0735. The number of carbonyl (C=O) groups excluding carboxylic acids is 1. The van der Waals surface area contributed by atoms with Gasteiger partial charge in [0.05, 0.1) is 10.8 Å². The molecule has 30 heavy (non-hydrogen) atoms. The minimum absolute atomic E-state index is 0.225. The minimum Gasteiger partial charge on any atom is -0.293 e. The van der Waals surface area contributed by atoms with Crippen molar-refractivity contribution in [3.63, 3.8) is 0 Å². The average molecular weight is 421 g/mol. The predicted molar refractivity (Wildman–Crippen MR) is 116 cm³/mol. The largest absolute Gasteiger partial charge is 0.293 e. The number of ketones is 1. The van der Waals surface area contributed by atoms with E-state index >= 15 is 0 Å². The van der Waals surface area contributed by atoms with Gasteiger partial charge in [0.15, 0.2) is 5.78 Å². The Hall–Kier alpha value is -2.53. The number of aromatic nitrogens is 4. The molecule has 1 fully saturated rings. The predicted octanol–water partition coefficient (Wildman–Crippen LogP) is 5.32. The Kier molecular flexibility index (Phi) is 4.94. The van der Waals surface area contributed by atoms with Crippen molar-refractivity contribution in [3.8, 4) is 11.4 Å². The lowest BCUT2D eigenvalue weighted by atomic mass is 9.72. The van der Waals surface area contributed by atoms with E-state index in [1.54, 1.807) is 0 Å². The number of carbonyl (C=O) groups is 1. The number of hydrogen-bond acceptors (Lipinski definition) is 4. The van der Waals surface area contributed by atoms with E-state index in [0.717, 1.165) is 42.4 Å². The highest BCUT2D eigenvalue weighted by molar-refractivity contribution is 6.27.